The maximum atomic E-state index is 11.9. The predicted octanol–water partition coefficient (Wildman–Crippen LogP) is 3.02. The van der Waals surface area contributed by atoms with E-state index in [4.69, 9.17) is 0 Å². The molecule has 0 fully saturated rings. The fourth-order valence-electron chi connectivity index (χ4n) is 1.88. The van der Waals surface area contributed by atoms with Gasteiger partial charge in [-0.3, -0.25) is 9.59 Å². The molecule has 0 aliphatic carbocycles. The molecule has 1 amide bonds. The normalized spacial score (nSPS) is 10.8. The molecule has 0 spiro atoms. The number of benzene rings is 1. The number of thiophene rings is 1. The number of hydrogen-bond donors (Lipinski definition) is 2. The Morgan fingerprint density at radius 2 is 2.09 bits per heavy atom. The van der Waals surface area contributed by atoms with Crippen LogP contribution in [-0.2, 0) is 4.79 Å². The zero-order chi connectivity index (χ0) is 15.5. The minimum absolute atomic E-state index is 0.136. The summed E-state index contributed by atoms with van der Waals surface area (Å²) in [6, 6.07) is 9.33. The van der Waals surface area contributed by atoms with Crippen molar-refractivity contribution in [3.63, 3.8) is 0 Å². The lowest BCUT2D eigenvalue weighted by Crippen LogP contribution is -2.15. The lowest BCUT2D eigenvalue weighted by molar-refractivity contribution is -0.113. The summed E-state index contributed by atoms with van der Waals surface area (Å²) in [6.45, 7) is 1.99. The van der Waals surface area contributed by atoms with Gasteiger partial charge in [-0.25, -0.2) is 4.98 Å². The van der Waals surface area contributed by atoms with Gasteiger partial charge in [-0.2, -0.15) is 0 Å². The first-order chi connectivity index (χ1) is 10.6. The molecule has 0 atom stereocenters. The van der Waals surface area contributed by atoms with Gasteiger partial charge in [-0.15, -0.1) is 11.3 Å². The lowest BCUT2D eigenvalue weighted by Gasteiger charge is -2.05. The van der Waals surface area contributed by atoms with E-state index in [0.717, 1.165) is 11.3 Å². The topological polar surface area (TPSA) is 74.8 Å². The highest BCUT2D eigenvalue weighted by atomic mass is 32.2. The van der Waals surface area contributed by atoms with Gasteiger partial charge in [-0.05, 0) is 30.5 Å². The standard InChI is InChI=1S/C15H13N3O2S2/c1-9-2-4-10(5-3-9)16-12(19)8-22-15-17-13(20)11-6-7-21-14(11)18-15/h2-7H,8H2,1H3,(H,16,19)(H,17,18,20). The number of carbonyl (C=O) groups excluding carboxylic acids is 1. The van der Waals surface area contributed by atoms with Crippen molar-refractivity contribution >= 4 is 44.9 Å². The number of amides is 1. The zero-order valence-corrected chi connectivity index (χ0v) is 13.4. The quantitative estimate of drug-likeness (QED) is 0.569. The zero-order valence-electron chi connectivity index (χ0n) is 11.8. The molecular formula is C15H13N3O2S2. The maximum Gasteiger partial charge on any atom is 0.260 e. The first kappa shape index (κ1) is 14.8. The second-order valence-corrected chi connectivity index (χ2v) is 6.57. The van der Waals surface area contributed by atoms with Gasteiger partial charge < -0.3 is 10.3 Å². The molecule has 22 heavy (non-hydrogen) atoms. The molecule has 0 bridgehead atoms. The van der Waals surface area contributed by atoms with Crippen molar-refractivity contribution in [1.29, 1.82) is 0 Å². The second-order valence-electron chi connectivity index (χ2n) is 4.71. The van der Waals surface area contributed by atoms with Crippen LogP contribution in [0.3, 0.4) is 0 Å². The fourth-order valence-corrected chi connectivity index (χ4v) is 3.36. The molecule has 112 valence electrons. The van der Waals surface area contributed by atoms with Crippen LogP contribution in [0.2, 0.25) is 0 Å². The Balaban J connectivity index is 1.64. The van der Waals surface area contributed by atoms with Gasteiger partial charge in [0, 0.05) is 5.69 Å². The number of hydrogen-bond acceptors (Lipinski definition) is 5. The predicted molar refractivity (Wildman–Crippen MR) is 90.8 cm³/mol. The Kier molecular flexibility index (Phi) is 4.26. The number of aryl methyl sites for hydroxylation is 1. The van der Waals surface area contributed by atoms with Crippen molar-refractivity contribution in [2.24, 2.45) is 0 Å². The van der Waals surface area contributed by atoms with E-state index >= 15 is 0 Å². The number of aromatic amines is 1. The molecule has 0 aliphatic rings. The first-order valence-electron chi connectivity index (χ1n) is 6.59. The first-order valence-corrected chi connectivity index (χ1v) is 8.45. The molecule has 0 saturated heterocycles. The summed E-state index contributed by atoms with van der Waals surface area (Å²) in [4.78, 5) is 31.4. The van der Waals surface area contributed by atoms with Crippen LogP contribution in [0.1, 0.15) is 5.56 Å². The summed E-state index contributed by atoms with van der Waals surface area (Å²) in [7, 11) is 0. The molecule has 7 heteroatoms. The van der Waals surface area contributed by atoms with Crippen molar-refractivity contribution in [3.05, 3.63) is 51.6 Å². The number of fused-ring (bicyclic) bond motifs is 1. The van der Waals surface area contributed by atoms with E-state index in [-0.39, 0.29) is 17.2 Å². The minimum atomic E-state index is -0.173. The van der Waals surface area contributed by atoms with Crippen molar-refractivity contribution in [3.8, 4) is 0 Å². The van der Waals surface area contributed by atoms with E-state index < -0.39 is 0 Å². The average molecular weight is 331 g/mol. The van der Waals surface area contributed by atoms with Gasteiger partial charge in [0.05, 0.1) is 11.1 Å². The van der Waals surface area contributed by atoms with Crippen molar-refractivity contribution in [2.45, 2.75) is 12.1 Å². The Morgan fingerprint density at radius 1 is 1.32 bits per heavy atom. The van der Waals surface area contributed by atoms with Gasteiger partial charge in [0.25, 0.3) is 5.56 Å². The van der Waals surface area contributed by atoms with Gasteiger partial charge in [0.2, 0.25) is 5.91 Å². The highest BCUT2D eigenvalue weighted by Crippen LogP contribution is 2.19. The molecule has 5 nitrogen and oxygen atoms in total. The maximum absolute atomic E-state index is 11.9. The van der Waals surface area contributed by atoms with Crippen LogP contribution in [0.25, 0.3) is 10.2 Å². The van der Waals surface area contributed by atoms with Crippen molar-refractivity contribution in [2.75, 3.05) is 11.1 Å². The average Bonchev–Trinajstić information content (AvgIpc) is 2.97. The van der Waals surface area contributed by atoms with E-state index in [2.05, 4.69) is 15.3 Å². The van der Waals surface area contributed by atoms with Crippen LogP contribution in [0.4, 0.5) is 5.69 Å². The Labute approximate surface area is 134 Å². The third-order valence-electron chi connectivity index (χ3n) is 2.99. The summed E-state index contributed by atoms with van der Waals surface area (Å²) in [5.74, 6) is 0.0519. The summed E-state index contributed by atoms with van der Waals surface area (Å²) >= 11 is 2.62. The molecule has 2 N–H and O–H groups in total. The minimum Gasteiger partial charge on any atom is -0.325 e. The lowest BCUT2D eigenvalue weighted by atomic mass is 10.2. The van der Waals surface area contributed by atoms with E-state index in [1.165, 1.54) is 23.1 Å². The third kappa shape index (κ3) is 3.37. The Bertz CT molecular complexity index is 868. The number of aromatic nitrogens is 2. The van der Waals surface area contributed by atoms with Gasteiger partial charge in [0.1, 0.15) is 4.83 Å². The number of H-pyrrole nitrogens is 1. The van der Waals surface area contributed by atoms with E-state index in [9.17, 15) is 9.59 Å². The molecule has 0 aliphatic heterocycles. The highest BCUT2D eigenvalue weighted by molar-refractivity contribution is 7.99. The number of nitrogens with one attached hydrogen (secondary N) is 2. The molecule has 3 aromatic rings. The molecular weight excluding hydrogens is 318 g/mol. The van der Waals surface area contributed by atoms with Crippen LogP contribution in [0.5, 0.6) is 0 Å². The largest absolute Gasteiger partial charge is 0.325 e. The van der Waals surface area contributed by atoms with Crippen LogP contribution in [0, 0.1) is 6.92 Å². The van der Waals surface area contributed by atoms with Crippen LogP contribution in [0.15, 0.2) is 45.7 Å². The highest BCUT2D eigenvalue weighted by Gasteiger charge is 2.08. The number of thioether (sulfide) groups is 1. The SMILES string of the molecule is Cc1ccc(NC(=O)CSc2nc3sccc3c(=O)[nH]2)cc1. The summed E-state index contributed by atoms with van der Waals surface area (Å²) < 4.78 is 0. The Hall–Kier alpha value is -2.12. The molecule has 2 aromatic heterocycles. The number of nitrogens with zero attached hydrogens (tertiary/aromatic N) is 1. The molecule has 3 rings (SSSR count). The summed E-state index contributed by atoms with van der Waals surface area (Å²) in [6.07, 6.45) is 0. The molecule has 0 unspecified atom stereocenters. The van der Waals surface area contributed by atoms with Crippen molar-refractivity contribution in [1.82, 2.24) is 9.97 Å². The summed E-state index contributed by atoms with van der Waals surface area (Å²) in [5, 5.41) is 5.67. The van der Waals surface area contributed by atoms with E-state index in [1.54, 1.807) is 6.07 Å². The Morgan fingerprint density at radius 3 is 2.86 bits per heavy atom. The molecule has 2 heterocycles. The summed E-state index contributed by atoms with van der Waals surface area (Å²) in [5.41, 5.74) is 1.72. The van der Waals surface area contributed by atoms with Gasteiger partial charge in [0.15, 0.2) is 5.16 Å². The smallest absolute Gasteiger partial charge is 0.260 e. The van der Waals surface area contributed by atoms with Gasteiger partial charge >= 0.3 is 0 Å². The van der Waals surface area contributed by atoms with E-state index in [1.807, 2.05) is 36.6 Å². The number of rotatable bonds is 4. The van der Waals surface area contributed by atoms with Crippen LogP contribution >= 0.6 is 23.1 Å². The van der Waals surface area contributed by atoms with Crippen molar-refractivity contribution < 1.29 is 4.79 Å². The molecule has 0 radical (unpaired) electrons. The third-order valence-corrected chi connectivity index (χ3v) is 4.67. The molecule has 0 saturated carbocycles. The molecule has 1 aromatic carbocycles. The second kappa shape index (κ2) is 6.33. The van der Waals surface area contributed by atoms with Crippen LogP contribution < -0.4 is 10.9 Å². The fraction of sp³-hybridized carbons (Fsp3) is 0.133. The van der Waals surface area contributed by atoms with E-state index in [0.29, 0.717) is 15.4 Å². The van der Waals surface area contributed by atoms with Crippen LogP contribution in [-0.4, -0.2) is 21.6 Å². The van der Waals surface area contributed by atoms with Gasteiger partial charge in [-0.1, -0.05) is 29.5 Å². The monoisotopic (exact) mass is 331 g/mol. The number of carbonyl (C=O) groups is 1. The number of anilines is 1.